The zero-order chi connectivity index (χ0) is 12.4. The highest BCUT2D eigenvalue weighted by Gasteiger charge is 2.28. The van der Waals surface area contributed by atoms with Crippen LogP contribution in [-0.2, 0) is 0 Å². The topological polar surface area (TPSA) is 59.2 Å². The largest absolute Gasteiger partial charge is 0.341 e. The molecule has 0 bridgehead atoms. The Balaban J connectivity index is 1.95. The Morgan fingerprint density at radius 3 is 2.88 bits per heavy atom. The van der Waals surface area contributed by atoms with Crippen LogP contribution in [0.2, 0.25) is 0 Å². The summed E-state index contributed by atoms with van der Waals surface area (Å²) in [7, 11) is 1.85. The number of hydrogen-bond donors (Lipinski definition) is 1. The third kappa shape index (κ3) is 2.82. The molecule has 0 radical (unpaired) electrons. The minimum absolute atomic E-state index is 0.0657. The third-order valence-electron chi connectivity index (χ3n) is 3.29. The Labute approximate surface area is 102 Å². The smallest absolute Gasteiger partial charge is 0.253 e. The maximum atomic E-state index is 12.1. The van der Waals surface area contributed by atoms with Crippen molar-refractivity contribution in [2.24, 2.45) is 11.7 Å². The highest BCUT2D eigenvalue weighted by molar-refractivity contribution is 5.94. The van der Waals surface area contributed by atoms with Gasteiger partial charge in [0.25, 0.3) is 5.91 Å². The lowest BCUT2D eigenvalue weighted by Crippen LogP contribution is -2.43. The van der Waals surface area contributed by atoms with Gasteiger partial charge in [0.2, 0.25) is 0 Å². The van der Waals surface area contributed by atoms with Gasteiger partial charge in [-0.2, -0.15) is 0 Å². The molecule has 0 unspecified atom stereocenters. The first-order valence-electron chi connectivity index (χ1n) is 6.00. The van der Waals surface area contributed by atoms with Crippen LogP contribution in [0.3, 0.4) is 0 Å². The average Bonchev–Trinajstić information content (AvgIpc) is 2.26. The lowest BCUT2D eigenvalue weighted by molar-refractivity contribution is 0.0734. The van der Waals surface area contributed by atoms with Gasteiger partial charge in [-0.25, -0.2) is 0 Å². The molecule has 4 heteroatoms. The van der Waals surface area contributed by atoms with E-state index < -0.39 is 0 Å². The van der Waals surface area contributed by atoms with Crippen LogP contribution < -0.4 is 5.73 Å². The number of aryl methyl sites for hydroxylation is 1. The fraction of sp³-hybridized carbons (Fsp3) is 0.538. The van der Waals surface area contributed by atoms with Crippen molar-refractivity contribution < 1.29 is 4.79 Å². The van der Waals surface area contributed by atoms with Gasteiger partial charge in [0.15, 0.2) is 0 Å². The van der Waals surface area contributed by atoms with Crippen LogP contribution in [0.25, 0.3) is 0 Å². The molecule has 1 heterocycles. The Hall–Kier alpha value is -1.42. The Bertz CT molecular complexity index is 413. The highest BCUT2D eigenvalue weighted by atomic mass is 16.2. The zero-order valence-corrected chi connectivity index (χ0v) is 10.4. The summed E-state index contributed by atoms with van der Waals surface area (Å²) < 4.78 is 0. The number of nitrogens with zero attached hydrogens (tertiary/aromatic N) is 2. The number of hydrogen-bond acceptors (Lipinski definition) is 3. The molecule has 1 aliphatic rings. The summed E-state index contributed by atoms with van der Waals surface area (Å²) in [5.74, 6) is 0.637. The fourth-order valence-electron chi connectivity index (χ4n) is 2.31. The summed E-state index contributed by atoms with van der Waals surface area (Å²) in [4.78, 5) is 18.0. The average molecular weight is 233 g/mol. The SMILES string of the molecule is Cc1cc(C(=O)N(C)CC2CC(N)C2)ccn1. The van der Waals surface area contributed by atoms with E-state index in [-0.39, 0.29) is 5.91 Å². The summed E-state index contributed by atoms with van der Waals surface area (Å²) in [6.07, 6.45) is 3.75. The van der Waals surface area contributed by atoms with E-state index in [0.29, 0.717) is 17.5 Å². The van der Waals surface area contributed by atoms with E-state index in [1.807, 2.05) is 20.0 Å². The summed E-state index contributed by atoms with van der Waals surface area (Å²) in [6, 6.07) is 3.93. The predicted molar refractivity (Wildman–Crippen MR) is 66.6 cm³/mol. The van der Waals surface area contributed by atoms with Crippen LogP contribution in [0.1, 0.15) is 28.9 Å². The van der Waals surface area contributed by atoms with Gasteiger partial charge in [0.05, 0.1) is 0 Å². The number of amides is 1. The van der Waals surface area contributed by atoms with Crippen LogP contribution in [0, 0.1) is 12.8 Å². The van der Waals surface area contributed by atoms with E-state index in [2.05, 4.69) is 4.98 Å². The molecule has 17 heavy (non-hydrogen) atoms. The molecule has 1 aromatic heterocycles. The van der Waals surface area contributed by atoms with Crippen molar-refractivity contribution in [3.8, 4) is 0 Å². The van der Waals surface area contributed by atoms with E-state index >= 15 is 0 Å². The minimum Gasteiger partial charge on any atom is -0.341 e. The zero-order valence-electron chi connectivity index (χ0n) is 10.4. The quantitative estimate of drug-likeness (QED) is 0.853. The first-order chi connectivity index (χ1) is 8.06. The third-order valence-corrected chi connectivity index (χ3v) is 3.29. The molecule has 0 aromatic carbocycles. The van der Waals surface area contributed by atoms with Gasteiger partial charge < -0.3 is 10.6 Å². The van der Waals surface area contributed by atoms with Gasteiger partial charge in [-0.15, -0.1) is 0 Å². The van der Waals surface area contributed by atoms with Crippen molar-refractivity contribution in [3.05, 3.63) is 29.6 Å². The van der Waals surface area contributed by atoms with Gasteiger partial charge >= 0.3 is 0 Å². The number of aromatic nitrogens is 1. The maximum Gasteiger partial charge on any atom is 0.253 e. The van der Waals surface area contributed by atoms with Crippen LogP contribution in [-0.4, -0.2) is 35.4 Å². The van der Waals surface area contributed by atoms with Crippen LogP contribution in [0.15, 0.2) is 18.3 Å². The number of carbonyl (C=O) groups excluding carboxylic acids is 1. The first-order valence-corrected chi connectivity index (χ1v) is 6.00. The van der Waals surface area contributed by atoms with Crippen molar-refractivity contribution in [2.45, 2.75) is 25.8 Å². The standard InChI is InChI=1S/C13H19N3O/c1-9-5-11(3-4-15-9)13(17)16(2)8-10-6-12(14)7-10/h3-5,10,12H,6-8,14H2,1-2H3. The Morgan fingerprint density at radius 1 is 1.59 bits per heavy atom. The molecular formula is C13H19N3O. The summed E-state index contributed by atoms with van der Waals surface area (Å²) in [5.41, 5.74) is 7.32. The number of nitrogens with two attached hydrogens (primary N) is 1. The van der Waals surface area contributed by atoms with Crippen LogP contribution >= 0.6 is 0 Å². The minimum atomic E-state index is 0.0657. The van der Waals surface area contributed by atoms with Gasteiger partial charge in [0.1, 0.15) is 0 Å². The predicted octanol–water partition coefficient (Wildman–Crippen LogP) is 1.20. The summed E-state index contributed by atoms with van der Waals surface area (Å²) >= 11 is 0. The lowest BCUT2D eigenvalue weighted by atomic mass is 9.80. The van der Waals surface area contributed by atoms with Gasteiger partial charge in [-0.3, -0.25) is 9.78 Å². The van der Waals surface area contributed by atoms with Gasteiger partial charge in [-0.05, 0) is 37.8 Å². The van der Waals surface area contributed by atoms with Crippen LogP contribution in [0.5, 0.6) is 0 Å². The molecule has 0 atom stereocenters. The monoisotopic (exact) mass is 233 g/mol. The van der Waals surface area contributed by atoms with Crippen molar-refractivity contribution >= 4 is 5.91 Å². The second-order valence-corrected chi connectivity index (χ2v) is 4.97. The molecule has 1 saturated carbocycles. The van der Waals surface area contributed by atoms with E-state index in [1.165, 1.54) is 0 Å². The Kier molecular flexibility index (Phi) is 3.43. The molecule has 1 amide bonds. The molecule has 0 aliphatic heterocycles. The molecule has 2 rings (SSSR count). The van der Waals surface area contributed by atoms with Crippen LogP contribution in [0.4, 0.5) is 0 Å². The summed E-state index contributed by atoms with van der Waals surface area (Å²) in [5, 5.41) is 0. The molecule has 92 valence electrons. The van der Waals surface area contributed by atoms with E-state index in [0.717, 1.165) is 25.1 Å². The normalized spacial score (nSPS) is 23.0. The number of pyridine rings is 1. The van der Waals surface area contributed by atoms with E-state index in [9.17, 15) is 4.79 Å². The first kappa shape index (κ1) is 12.0. The van der Waals surface area contributed by atoms with Crippen molar-refractivity contribution in [1.82, 2.24) is 9.88 Å². The number of rotatable bonds is 3. The molecule has 4 nitrogen and oxygen atoms in total. The van der Waals surface area contributed by atoms with E-state index in [1.54, 1.807) is 17.2 Å². The lowest BCUT2D eigenvalue weighted by Gasteiger charge is -2.35. The van der Waals surface area contributed by atoms with Crippen molar-refractivity contribution in [2.75, 3.05) is 13.6 Å². The maximum absolute atomic E-state index is 12.1. The molecule has 1 aliphatic carbocycles. The molecule has 1 fully saturated rings. The van der Waals surface area contributed by atoms with Gasteiger partial charge in [-0.1, -0.05) is 0 Å². The van der Waals surface area contributed by atoms with Crippen molar-refractivity contribution in [3.63, 3.8) is 0 Å². The molecule has 0 spiro atoms. The summed E-state index contributed by atoms with van der Waals surface area (Å²) in [6.45, 7) is 2.69. The second kappa shape index (κ2) is 4.84. The molecule has 0 saturated heterocycles. The molecule has 2 N–H and O–H groups in total. The van der Waals surface area contributed by atoms with Crippen molar-refractivity contribution in [1.29, 1.82) is 0 Å². The fourth-order valence-corrected chi connectivity index (χ4v) is 2.31. The van der Waals surface area contributed by atoms with E-state index in [4.69, 9.17) is 5.73 Å². The number of carbonyl (C=O) groups is 1. The molecule has 1 aromatic rings. The Morgan fingerprint density at radius 2 is 2.29 bits per heavy atom. The van der Waals surface area contributed by atoms with Gasteiger partial charge in [0, 0.05) is 37.1 Å². The molecular weight excluding hydrogens is 214 g/mol. The second-order valence-electron chi connectivity index (χ2n) is 4.97. The highest BCUT2D eigenvalue weighted by Crippen LogP contribution is 2.26.